The summed E-state index contributed by atoms with van der Waals surface area (Å²) >= 11 is 0. The van der Waals surface area contributed by atoms with Crippen molar-refractivity contribution in [3.63, 3.8) is 0 Å². The van der Waals surface area contributed by atoms with E-state index in [1.807, 2.05) is 0 Å². The van der Waals surface area contributed by atoms with Crippen molar-refractivity contribution in [2.45, 2.75) is 45.6 Å². The Bertz CT molecular complexity index is 463. The fourth-order valence-electron chi connectivity index (χ4n) is 2.32. The number of hydrogen-bond donors (Lipinski definition) is 3. The second-order valence-electron chi connectivity index (χ2n) is 5.08. The van der Waals surface area contributed by atoms with Crippen LogP contribution >= 0.6 is 0 Å². The molecule has 1 aromatic heterocycles. The number of carbonyl (C=O) groups is 1. The number of hydrogen-bond acceptors (Lipinski definition) is 5. The molecule has 6 nitrogen and oxygen atoms in total. The Morgan fingerprint density at radius 1 is 1.30 bits per heavy atom. The van der Waals surface area contributed by atoms with Gasteiger partial charge in [0.25, 0.3) is 0 Å². The summed E-state index contributed by atoms with van der Waals surface area (Å²) in [5.41, 5.74) is 1.11. The summed E-state index contributed by atoms with van der Waals surface area (Å²) in [5, 5.41) is 9.54. The summed E-state index contributed by atoms with van der Waals surface area (Å²) < 4.78 is 0. The third-order valence-electron chi connectivity index (χ3n) is 3.31. The Balaban J connectivity index is 2.15. The summed E-state index contributed by atoms with van der Waals surface area (Å²) in [6.07, 6.45) is 5.09. The molecule has 1 aromatic rings. The summed E-state index contributed by atoms with van der Waals surface area (Å²) in [5.74, 6) is 1.85. The molecular weight excluding hydrogens is 254 g/mol. The fraction of sp³-hybridized carbons (Fsp3) is 0.643. The normalized spacial score (nSPS) is 17.9. The Morgan fingerprint density at radius 2 is 2.10 bits per heavy atom. The van der Waals surface area contributed by atoms with E-state index >= 15 is 0 Å². The van der Waals surface area contributed by atoms with Gasteiger partial charge in [0.05, 0.1) is 6.04 Å². The molecule has 1 fully saturated rings. The molecule has 1 saturated heterocycles. The molecule has 2 heterocycles. The van der Waals surface area contributed by atoms with Gasteiger partial charge in [0.1, 0.15) is 18.0 Å². The van der Waals surface area contributed by atoms with Crippen molar-refractivity contribution < 1.29 is 4.79 Å². The minimum atomic E-state index is 0.0953. The lowest BCUT2D eigenvalue weighted by Crippen LogP contribution is -2.24. The average Bonchev–Trinajstić information content (AvgIpc) is 2.85. The molecule has 1 unspecified atom stereocenters. The van der Waals surface area contributed by atoms with E-state index in [1.54, 1.807) is 6.33 Å². The van der Waals surface area contributed by atoms with Crippen LogP contribution in [0.3, 0.4) is 0 Å². The lowest BCUT2D eigenvalue weighted by atomic mass is 10.1. The van der Waals surface area contributed by atoms with E-state index in [9.17, 15) is 4.79 Å². The second-order valence-corrected chi connectivity index (χ2v) is 5.08. The predicted octanol–water partition coefficient (Wildman–Crippen LogP) is 1.55. The van der Waals surface area contributed by atoms with Gasteiger partial charge in [-0.05, 0) is 12.8 Å². The maximum absolute atomic E-state index is 11.3. The first-order valence-corrected chi connectivity index (χ1v) is 7.35. The summed E-state index contributed by atoms with van der Waals surface area (Å²) in [6.45, 7) is 5.83. The van der Waals surface area contributed by atoms with Crippen molar-refractivity contribution in [2.24, 2.45) is 0 Å². The zero-order chi connectivity index (χ0) is 14.4. The first-order chi connectivity index (χ1) is 9.74. The van der Waals surface area contributed by atoms with Crippen LogP contribution in [0.15, 0.2) is 6.33 Å². The molecule has 1 atom stereocenters. The quantitative estimate of drug-likeness (QED) is 0.705. The van der Waals surface area contributed by atoms with Gasteiger partial charge < -0.3 is 16.0 Å². The molecule has 2 rings (SSSR count). The largest absolute Gasteiger partial charge is 0.370 e. The topological polar surface area (TPSA) is 78.9 Å². The van der Waals surface area contributed by atoms with Crippen molar-refractivity contribution in [3.8, 4) is 0 Å². The van der Waals surface area contributed by atoms with E-state index in [0.29, 0.717) is 13.0 Å². The number of nitrogens with one attached hydrogen (secondary N) is 3. The van der Waals surface area contributed by atoms with Crippen LogP contribution in [-0.2, 0) is 11.2 Å². The number of nitrogens with zero attached hydrogens (tertiary/aromatic N) is 2. The van der Waals surface area contributed by atoms with E-state index in [1.165, 1.54) is 0 Å². The maximum Gasteiger partial charge on any atom is 0.222 e. The molecule has 0 saturated carbocycles. The third-order valence-corrected chi connectivity index (χ3v) is 3.31. The van der Waals surface area contributed by atoms with Crippen LogP contribution in [0, 0.1) is 0 Å². The SMILES string of the molecule is CCCNc1ncnc(NC2CNC(=O)C2)c1CCC. The first-order valence-electron chi connectivity index (χ1n) is 7.35. The maximum atomic E-state index is 11.3. The molecular formula is C14H23N5O. The van der Waals surface area contributed by atoms with Crippen molar-refractivity contribution in [1.82, 2.24) is 15.3 Å². The van der Waals surface area contributed by atoms with Gasteiger partial charge in [-0.1, -0.05) is 20.3 Å². The smallest absolute Gasteiger partial charge is 0.222 e. The van der Waals surface area contributed by atoms with Gasteiger partial charge in [-0.15, -0.1) is 0 Å². The number of amides is 1. The summed E-state index contributed by atoms with van der Waals surface area (Å²) in [6, 6.07) is 0.118. The van der Waals surface area contributed by atoms with Crippen LogP contribution in [0.2, 0.25) is 0 Å². The number of carbonyl (C=O) groups excluding carboxylic acids is 1. The van der Waals surface area contributed by atoms with E-state index < -0.39 is 0 Å². The zero-order valence-corrected chi connectivity index (χ0v) is 12.2. The van der Waals surface area contributed by atoms with Gasteiger partial charge in [0.15, 0.2) is 0 Å². The van der Waals surface area contributed by atoms with Crippen molar-refractivity contribution in [3.05, 3.63) is 11.9 Å². The lowest BCUT2D eigenvalue weighted by Gasteiger charge is -2.17. The van der Waals surface area contributed by atoms with Gasteiger partial charge in [-0.2, -0.15) is 0 Å². The van der Waals surface area contributed by atoms with Crippen molar-refractivity contribution >= 4 is 17.5 Å². The Hall–Kier alpha value is -1.85. The Labute approximate surface area is 119 Å². The Kier molecular flexibility index (Phi) is 5.15. The van der Waals surface area contributed by atoms with Crippen molar-refractivity contribution in [2.75, 3.05) is 23.7 Å². The van der Waals surface area contributed by atoms with Crippen molar-refractivity contribution in [1.29, 1.82) is 0 Å². The van der Waals surface area contributed by atoms with E-state index in [0.717, 1.165) is 43.0 Å². The van der Waals surface area contributed by atoms with Gasteiger partial charge >= 0.3 is 0 Å². The van der Waals surface area contributed by atoms with E-state index in [4.69, 9.17) is 0 Å². The van der Waals surface area contributed by atoms with Crippen LogP contribution in [0.4, 0.5) is 11.6 Å². The molecule has 20 heavy (non-hydrogen) atoms. The lowest BCUT2D eigenvalue weighted by molar-refractivity contribution is -0.119. The molecule has 0 bridgehead atoms. The zero-order valence-electron chi connectivity index (χ0n) is 12.2. The third kappa shape index (κ3) is 3.59. The predicted molar refractivity (Wildman–Crippen MR) is 79.8 cm³/mol. The Morgan fingerprint density at radius 3 is 2.75 bits per heavy atom. The molecule has 1 aliphatic heterocycles. The average molecular weight is 277 g/mol. The fourth-order valence-corrected chi connectivity index (χ4v) is 2.32. The highest BCUT2D eigenvalue weighted by atomic mass is 16.1. The van der Waals surface area contributed by atoms with E-state index in [2.05, 4.69) is 39.8 Å². The molecule has 0 spiro atoms. The highest BCUT2D eigenvalue weighted by Gasteiger charge is 2.23. The highest BCUT2D eigenvalue weighted by molar-refractivity contribution is 5.79. The standard InChI is InChI=1S/C14H23N5O/c1-3-5-11-13(15-6-4-2)17-9-18-14(11)19-10-7-12(20)16-8-10/h9-10H,3-8H2,1-2H3,(H,16,20)(H2,15,17,18,19). The molecule has 0 aromatic carbocycles. The molecule has 6 heteroatoms. The van der Waals surface area contributed by atoms with Crippen LogP contribution in [0.25, 0.3) is 0 Å². The van der Waals surface area contributed by atoms with Gasteiger partial charge in [-0.25, -0.2) is 9.97 Å². The highest BCUT2D eigenvalue weighted by Crippen LogP contribution is 2.23. The van der Waals surface area contributed by atoms with E-state index in [-0.39, 0.29) is 11.9 Å². The van der Waals surface area contributed by atoms with Crippen LogP contribution < -0.4 is 16.0 Å². The number of aromatic nitrogens is 2. The minimum absolute atomic E-state index is 0.0953. The molecule has 0 aliphatic carbocycles. The van der Waals surface area contributed by atoms with Crippen LogP contribution in [-0.4, -0.2) is 35.0 Å². The van der Waals surface area contributed by atoms with Crippen LogP contribution in [0.5, 0.6) is 0 Å². The summed E-state index contributed by atoms with van der Waals surface area (Å²) in [7, 11) is 0. The first kappa shape index (κ1) is 14.6. The molecule has 110 valence electrons. The monoisotopic (exact) mass is 277 g/mol. The summed E-state index contributed by atoms with van der Waals surface area (Å²) in [4.78, 5) is 20.0. The number of rotatable bonds is 7. The molecule has 1 aliphatic rings. The van der Waals surface area contributed by atoms with Crippen LogP contribution in [0.1, 0.15) is 38.7 Å². The number of anilines is 2. The van der Waals surface area contributed by atoms with Gasteiger partial charge in [-0.3, -0.25) is 4.79 Å². The van der Waals surface area contributed by atoms with Gasteiger partial charge in [0.2, 0.25) is 5.91 Å². The molecule has 1 amide bonds. The van der Waals surface area contributed by atoms with Gasteiger partial charge in [0, 0.05) is 25.1 Å². The molecule has 0 radical (unpaired) electrons. The minimum Gasteiger partial charge on any atom is -0.370 e. The second kappa shape index (κ2) is 7.07. The molecule has 3 N–H and O–H groups in total.